The molecule has 90 valence electrons. The summed E-state index contributed by atoms with van der Waals surface area (Å²) >= 11 is 0. The molecule has 1 aromatic rings. The number of aryl methyl sites for hydroxylation is 1. The Morgan fingerprint density at radius 3 is 2.94 bits per heavy atom. The molecule has 1 aliphatic rings. The van der Waals surface area contributed by atoms with Gasteiger partial charge in [-0.1, -0.05) is 10.3 Å². The van der Waals surface area contributed by atoms with Gasteiger partial charge in [0, 0.05) is 33.2 Å². The number of hydrogen-bond donors (Lipinski definition) is 1. The second-order valence-electron chi connectivity index (χ2n) is 4.09. The number of nitrogens with zero attached hydrogens (tertiary/aromatic N) is 2. The Balaban J connectivity index is 1.81. The number of rotatable bonds is 5. The molecule has 0 radical (unpaired) electrons. The van der Waals surface area contributed by atoms with Crippen LogP contribution < -0.4 is 5.32 Å². The fourth-order valence-corrected chi connectivity index (χ4v) is 1.78. The van der Waals surface area contributed by atoms with Gasteiger partial charge in [0.25, 0.3) is 0 Å². The van der Waals surface area contributed by atoms with Crippen molar-refractivity contribution in [3.8, 4) is 0 Å². The first-order valence-corrected chi connectivity index (χ1v) is 5.37. The summed E-state index contributed by atoms with van der Waals surface area (Å²) < 4.78 is 15.5. The Labute approximate surface area is 94.3 Å². The maximum atomic E-state index is 5.50. The van der Waals surface area contributed by atoms with E-state index in [1.54, 1.807) is 7.11 Å². The maximum Gasteiger partial charge on any atom is 0.121 e. The molecule has 0 spiro atoms. The summed E-state index contributed by atoms with van der Waals surface area (Å²) in [5.74, 6) is 0. The molecule has 6 nitrogen and oxygen atoms in total. The molecule has 1 fully saturated rings. The van der Waals surface area contributed by atoms with E-state index < -0.39 is 0 Å². The van der Waals surface area contributed by atoms with Gasteiger partial charge in [0.2, 0.25) is 0 Å². The van der Waals surface area contributed by atoms with Crippen molar-refractivity contribution in [2.45, 2.75) is 25.5 Å². The highest BCUT2D eigenvalue weighted by atomic mass is 16.6. The molecule has 2 heterocycles. The van der Waals surface area contributed by atoms with Crippen molar-refractivity contribution in [1.82, 2.24) is 15.6 Å². The lowest BCUT2D eigenvalue weighted by Gasteiger charge is -2.25. The maximum absolute atomic E-state index is 5.50. The Morgan fingerprint density at radius 1 is 1.50 bits per heavy atom. The minimum Gasteiger partial charge on any atom is -0.378 e. The molecule has 0 aromatic carbocycles. The lowest BCUT2D eigenvalue weighted by Crippen LogP contribution is -2.42. The van der Waals surface area contributed by atoms with E-state index in [0.717, 1.165) is 31.0 Å². The minimum absolute atomic E-state index is 0.189. The predicted octanol–water partition coefficient (Wildman–Crippen LogP) is 0.273. The number of methoxy groups -OCH3 is 1. The normalized spacial score (nSPS) is 25.1. The van der Waals surface area contributed by atoms with Crippen LogP contribution in [0.15, 0.2) is 4.63 Å². The van der Waals surface area contributed by atoms with Crippen LogP contribution in [0.5, 0.6) is 0 Å². The number of aromatic nitrogens is 2. The van der Waals surface area contributed by atoms with Gasteiger partial charge in [0.15, 0.2) is 0 Å². The smallest absolute Gasteiger partial charge is 0.121 e. The molecule has 1 aromatic heterocycles. The zero-order valence-electron chi connectivity index (χ0n) is 9.65. The summed E-state index contributed by atoms with van der Waals surface area (Å²) in [6, 6.07) is 0. The lowest BCUT2D eigenvalue weighted by atomic mass is 10.0. The van der Waals surface area contributed by atoms with Crippen LogP contribution in [0.2, 0.25) is 0 Å². The fourth-order valence-electron chi connectivity index (χ4n) is 1.78. The van der Waals surface area contributed by atoms with E-state index in [4.69, 9.17) is 9.47 Å². The fraction of sp³-hybridized carbons (Fsp3) is 0.800. The van der Waals surface area contributed by atoms with Gasteiger partial charge in [-0.2, -0.15) is 0 Å². The third-order valence-corrected chi connectivity index (χ3v) is 2.99. The topological polar surface area (TPSA) is 69.4 Å². The van der Waals surface area contributed by atoms with Crippen molar-refractivity contribution in [3.05, 3.63) is 11.4 Å². The zero-order chi connectivity index (χ0) is 11.4. The molecule has 0 aliphatic carbocycles. The lowest BCUT2D eigenvalue weighted by molar-refractivity contribution is -0.0160. The molecule has 1 atom stereocenters. The predicted molar refractivity (Wildman–Crippen MR) is 55.9 cm³/mol. The summed E-state index contributed by atoms with van der Waals surface area (Å²) in [4.78, 5) is 0. The Hall–Kier alpha value is -0.980. The highest BCUT2D eigenvalue weighted by Crippen LogP contribution is 2.21. The Bertz CT molecular complexity index is 334. The average molecular weight is 227 g/mol. The average Bonchev–Trinajstić information content (AvgIpc) is 2.90. The first kappa shape index (κ1) is 11.5. The van der Waals surface area contributed by atoms with Crippen LogP contribution >= 0.6 is 0 Å². The van der Waals surface area contributed by atoms with E-state index in [0.29, 0.717) is 13.2 Å². The molecular weight excluding hydrogens is 210 g/mol. The molecule has 1 N–H and O–H groups in total. The van der Waals surface area contributed by atoms with E-state index in [9.17, 15) is 0 Å². The zero-order valence-corrected chi connectivity index (χ0v) is 9.65. The molecular formula is C10H17N3O3. The van der Waals surface area contributed by atoms with Crippen molar-refractivity contribution in [3.63, 3.8) is 0 Å². The first-order valence-electron chi connectivity index (χ1n) is 5.37. The van der Waals surface area contributed by atoms with Crippen LogP contribution in [0, 0.1) is 6.92 Å². The summed E-state index contributed by atoms with van der Waals surface area (Å²) in [7, 11) is 1.72. The molecule has 0 saturated carbocycles. The first-order chi connectivity index (χ1) is 7.76. The molecule has 1 saturated heterocycles. The van der Waals surface area contributed by atoms with Gasteiger partial charge in [-0.3, -0.25) is 0 Å². The number of nitrogens with one attached hydrogen (secondary N) is 1. The van der Waals surface area contributed by atoms with Crippen molar-refractivity contribution >= 4 is 0 Å². The van der Waals surface area contributed by atoms with Crippen LogP contribution in [0.1, 0.15) is 17.8 Å². The monoisotopic (exact) mass is 227 g/mol. The van der Waals surface area contributed by atoms with Gasteiger partial charge >= 0.3 is 0 Å². The van der Waals surface area contributed by atoms with Crippen LogP contribution in [-0.2, 0) is 16.0 Å². The van der Waals surface area contributed by atoms with Gasteiger partial charge in [0.1, 0.15) is 17.0 Å². The summed E-state index contributed by atoms with van der Waals surface area (Å²) in [6.45, 7) is 4.67. The van der Waals surface area contributed by atoms with Gasteiger partial charge in [-0.15, -0.1) is 0 Å². The third-order valence-electron chi connectivity index (χ3n) is 2.99. The third kappa shape index (κ3) is 2.40. The summed E-state index contributed by atoms with van der Waals surface area (Å²) in [6.07, 6.45) is 0.923. The van der Waals surface area contributed by atoms with E-state index in [-0.39, 0.29) is 5.60 Å². The molecule has 0 amide bonds. The van der Waals surface area contributed by atoms with Crippen molar-refractivity contribution in [1.29, 1.82) is 0 Å². The standard InChI is InChI=1S/C10H17N3O3/c1-8-9(13-16-12-8)5-11-6-10(14-2)3-4-15-7-10/h11H,3-7H2,1-2H3. The van der Waals surface area contributed by atoms with Gasteiger partial charge in [-0.05, 0) is 6.92 Å². The number of hydrogen-bond acceptors (Lipinski definition) is 6. The molecule has 1 unspecified atom stereocenters. The highest BCUT2D eigenvalue weighted by molar-refractivity contribution is 5.04. The van der Waals surface area contributed by atoms with Gasteiger partial charge in [0.05, 0.1) is 6.61 Å². The molecule has 2 rings (SSSR count). The minimum atomic E-state index is -0.189. The summed E-state index contributed by atoms with van der Waals surface area (Å²) in [5.41, 5.74) is 1.47. The van der Waals surface area contributed by atoms with Gasteiger partial charge < -0.3 is 14.8 Å². The van der Waals surface area contributed by atoms with Crippen LogP contribution in [0.3, 0.4) is 0 Å². The SMILES string of the molecule is COC1(CNCc2nonc2C)CCOC1. The Morgan fingerprint density at radius 2 is 2.38 bits per heavy atom. The van der Waals surface area contributed by atoms with Crippen molar-refractivity contribution < 1.29 is 14.1 Å². The largest absolute Gasteiger partial charge is 0.378 e. The van der Waals surface area contributed by atoms with E-state index in [2.05, 4.69) is 20.3 Å². The van der Waals surface area contributed by atoms with Gasteiger partial charge in [-0.25, -0.2) is 4.63 Å². The van der Waals surface area contributed by atoms with Crippen LogP contribution in [0.25, 0.3) is 0 Å². The highest BCUT2D eigenvalue weighted by Gasteiger charge is 2.34. The molecule has 0 bridgehead atoms. The molecule has 1 aliphatic heterocycles. The Kier molecular flexibility index (Phi) is 3.52. The van der Waals surface area contributed by atoms with Crippen molar-refractivity contribution in [2.75, 3.05) is 26.9 Å². The second kappa shape index (κ2) is 4.90. The van der Waals surface area contributed by atoms with E-state index >= 15 is 0 Å². The number of ether oxygens (including phenoxy) is 2. The van der Waals surface area contributed by atoms with Crippen LogP contribution in [-0.4, -0.2) is 42.8 Å². The summed E-state index contributed by atoms with van der Waals surface area (Å²) in [5, 5.41) is 10.8. The van der Waals surface area contributed by atoms with E-state index in [1.807, 2.05) is 6.92 Å². The van der Waals surface area contributed by atoms with Crippen LogP contribution in [0.4, 0.5) is 0 Å². The quantitative estimate of drug-likeness (QED) is 0.778. The van der Waals surface area contributed by atoms with Crippen molar-refractivity contribution in [2.24, 2.45) is 0 Å². The molecule has 6 heteroatoms. The van der Waals surface area contributed by atoms with E-state index in [1.165, 1.54) is 0 Å². The molecule has 16 heavy (non-hydrogen) atoms. The second-order valence-corrected chi connectivity index (χ2v) is 4.09.